The Morgan fingerprint density at radius 2 is 1.84 bits per heavy atom. The zero-order valence-electron chi connectivity index (χ0n) is 17.5. The Hall–Kier alpha value is -2.90. The zero-order valence-corrected chi connectivity index (χ0v) is 19.1. The van der Waals surface area contributed by atoms with Gasteiger partial charge in [-0.05, 0) is 63.1 Å². The van der Waals surface area contributed by atoms with Crippen LogP contribution in [0.15, 0.2) is 70.8 Å². The minimum absolute atomic E-state index is 0.313. The van der Waals surface area contributed by atoms with E-state index in [0.29, 0.717) is 29.0 Å². The number of aromatic nitrogens is 1. The molecule has 6 nitrogen and oxygen atoms in total. The van der Waals surface area contributed by atoms with Gasteiger partial charge >= 0.3 is 0 Å². The van der Waals surface area contributed by atoms with Gasteiger partial charge in [-0.1, -0.05) is 29.8 Å². The van der Waals surface area contributed by atoms with E-state index in [4.69, 9.17) is 26.1 Å². The number of fused-ring (bicyclic) bond motifs is 1. The van der Waals surface area contributed by atoms with Crippen LogP contribution in [0.4, 0.5) is 5.69 Å². The molecule has 0 aliphatic carbocycles. The highest BCUT2D eigenvalue weighted by atomic mass is 35.5. The van der Waals surface area contributed by atoms with Crippen LogP contribution >= 0.6 is 23.5 Å². The number of nitrogens with zero attached hydrogens (tertiary/aromatic N) is 2. The zero-order chi connectivity index (χ0) is 21.8. The van der Waals surface area contributed by atoms with Gasteiger partial charge in [-0.25, -0.2) is 4.99 Å². The van der Waals surface area contributed by atoms with Gasteiger partial charge in [-0.2, -0.15) is 0 Å². The van der Waals surface area contributed by atoms with Crippen molar-refractivity contribution < 1.29 is 9.47 Å². The molecule has 2 heterocycles. The maximum atomic E-state index is 6.26. The van der Waals surface area contributed by atoms with E-state index in [-0.39, 0.29) is 5.60 Å². The summed E-state index contributed by atoms with van der Waals surface area (Å²) in [7, 11) is 0. The van der Waals surface area contributed by atoms with Crippen molar-refractivity contribution in [2.24, 2.45) is 4.99 Å². The highest BCUT2D eigenvalue weighted by Crippen LogP contribution is 2.40. The molecule has 0 saturated heterocycles. The average Bonchev–Trinajstić information content (AvgIpc) is 2.74. The van der Waals surface area contributed by atoms with Crippen molar-refractivity contribution in [1.29, 1.82) is 0 Å². The number of ether oxygens (including phenoxy) is 2. The fraction of sp³-hybridized carbons (Fsp3) is 0.217. The number of pyridine rings is 1. The van der Waals surface area contributed by atoms with E-state index in [1.165, 1.54) is 11.9 Å². The smallest absolute Gasteiger partial charge is 0.206 e. The molecule has 31 heavy (non-hydrogen) atoms. The number of hydrogen-bond acceptors (Lipinski definition) is 5. The molecule has 8 heteroatoms. The Morgan fingerprint density at radius 1 is 1.03 bits per heavy atom. The molecule has 0 saturated carbocycles. The van der Waals surface area contributed by atoms with Crippen molar-refractivity contribution in [1.82, 2.24) is 9.71 Å². The summed E-state index contributed by atoms with van der Waals surface area (Å²) in [6.45, 7) is 6.46. The summed E-state index contributed by atoms with van der Waals surface area (Å²) in [4.78, 5) is 9.87. The number of rotatable bonds is 5. The Balaban J connectivity index is 1.54. The average molecular weight is 455 g/mol. The molecule has 0 fully saturated rings. The Morgan fingerprint density at radius 3 is 2.65 bits per heavy atom. The van der Waals surface area contributed by atoms with Gasteiger partial charge in [0.25, 0.3) is 0 Å². The van der Waals surface area contributed by atoms with E-state index in [1.54, 1.807) is 18.5 Å². The van der Waals surface area contributed by atoms with Crippen molar-refractivity contribution >= 4 is 35.2 Å². The van der Waals surface area contributed by atoms with Gasteiger partial charge in [0.1, 0.15) is 17.1 Å². The number of benzene rings is 2. The van der Waals surface area contributed by atoms with Crippen molar-refractivity contribution in [2.45, 2.75) is 37.8 Å². The van der Waals surface area contributed by atoms with E-state index in [0.717, 1.165) is 21.9 Å². The minimum Gasteiger partial charge on any atom is -0.486 e. The van der Waals surface area contributed by atoms with Gasteiger partial charge in [0.2, 0.25) is 5.96 Å². The molecular weight excluding hydrogens is 432 g/mol. The maximum Gasteiger partial charge on any atom is 0.206 e. The normalized spacial score (nSPS) is 14.4. The third kappa shape index (κ3) is 5.42. The largest absolute Gasteiger partial charge is 0.486 e. The van der Waals surface area contributed by atoms with Crippen molar-refractivity contribution in [3.63, 3.8) is 0 Å². The molecule has 0 spiro atoms. The summed E-state index contributed by atoms with van der Waals surface area (Å²) in [6, 6.07) is 15.2. The van der Waals surface area contributed by atoms with Crippen molar-refractivity contribution in [3.8, 4) is 17.2 Å². The SMILES string of the molecule is CC(C)(C)Oc1cnccc1CN=C1NSc2cccc(Oc3ccccc3Cl)c2N1. The Bertz CT molecular complexity index is 1110. The molecule has 0 unspecified atom stereocenters. The molecule has 2 aromatic carbocycles. The van der Waals surface area contributed by atoms with Crippen LogP contribution in [0.5, 0.6) is 17.2 Å². The molecule has 0 amide bonds. The van der Waals surface area contributed by atoms with Crippen molar-refractivity contribution in [3.05, 3.63) is 71.5 Å². The second-order valence-electron chi connectivity index (χ2n) is 7.85. The second-order valence-corrected chi connectivity index (χ2v) is 9.11. The van der Waals surface area contributed by atoms with Crippen LogP contribution in [0.3, 0.4) is 0 Å². The molecule has 1 aliphatic rings. The molecule has 1 aromatic heterocycles. The predicted octanol–water partition coefficient (Wildman–Crippen LogP) is 6.28. The number of aliphatic imine (C=N–C) groups is 1. The number of anilines is 1. The van der Waals surface area contributed by atoms with E-state index in [1.807, 2.05) is 63.2 Å². The lowest BCUT2D eigenvalue weighted by atomic mass is 10.2. The molecule has 1 aliphatic heterocycles. The first-order valence-corrected chi connectivity index (χ1v) is 11.0. The quantitative estimate of drug-likeness (QED) is 0.442. The van der Waals surface area contributed by atoms with Crippen LogP contribution in [0, 0.1) is 0 Å². The number of para-hydroxylation sites is 2. The third-order valence-electron chi connectivity index (χ3n) is 4.24. The first kappa shape index (κ1) is 21.3. The molecule has 4 rings (SSSR count). The summed E-state index contributed by atoms with van der Waals surface area (Å²) >= 11 is 7.74. The van der Waals surface area contributed by atoms with Gasteiger partial charge in [0, 0.05) is 11.8 Å². The van der Waals surface area contributed by atoms with Gasteiger partial charge in [-0.15, -0.1) is 0 Å². The van der Waals surface area contributed by atoms with Crippen LogP contribution in [-0.2, 0) is 6.54 Å². The molecule has 160 valence electrons. The van der Waals surface area contributed by atoms with E-state index in [2.05, 4.69) is 15.0 Å². The van der Waals surface area contributed by atoms with Crippen LogP contribution in [0.1, 0.15) is 26.3 Å². The summed E-state index contributed by atoms with van der Waals surface area (Å²) in [5, 5.41) is 3.89. The molecule has 0 atom stereocenters. The van der Waals surface area contributed by atoms with Crippen molar-refractivity contribution in [2.75, 3.05) is 5.32 Å². The minimum atomic E-state index is -0.313. The highest BCUT2D eigenvalue weighted by Gasteiger charge is 2.20. The first-order chi connectivity index (χ1) is 14.9. The standard InChI is InChI=1S/C23H23ClN4O2S/c1-23(2,3)30-19-14-25-12-11-15(19)13-26-22-27-21-18(9-6-10-20(21)31-28-22)29-17-8-5-4-7-16(17)24/h4-12,14H,13H2,1-3H3,(H2,26,27,28). The van der Waals surface area contributed by atoms with Crippen LogP contribution < -0.4 is 19.5 Å². The summed E-state index contributed by atoms with van der Waals surface area (Å²) in [6.07, 6.45) is 3.47. The van der Waals surface area contributed by atoms with Gasteiger partial charge in [0.05, 0.1) is 28.3 Å². The Labute approximate surface area is 191 Å². The van der Waals surface area contributed by atoms with Gasteiger partial charge < -0.3 is 14.8 Å². The number of hydrogen-bond donors (Lipinski definition) is 2. The second kappa shape index (κ2) is 9.08. The van der Waals surface area contributed by atoms with Crippen LogP contribution in [-0.4, -0.2) is 16.5 Å². The predicted molar refractivity (Wildman–Crippen MR) is 126 cm³/mol. The lowest BCUT2D eigenvalue weighted by molar-refractivity contribution is 0.129. The molecule has 0 radical (unpaired) electrons. The molecular formula is C23H23ClN4O2S. The number of halogens is 1. The Kier molecular flexibility index (Phi) is 6.25. The van der Waals surface area contributed by atoms with Gasteiger partial charge in [0.15, 0.2) is 5.75 Å². The fourth-order valence-electron chi connectivity index (χ4n) is 2.89. The van der Waals surface area contributed by atoms with E-state index < -0.39 is 0 Å². The topological polar surface area (TPSA) is 67.8 Å². The lowest BCUT2D eigenvalue weighted by Crippen LogP contribution is -2.29. The van der Waals surface area contributed by atoms with Crippen LogP contribution in [0.2, 0.25) is 5.02 Å². The number of guanidine groups is 1. The highest BCUT2D eigenvalue weighted by molar-refractivity contribution is 7.98. The van der Waals surface area contributed by atoms with E-state index >= 15 is 0 Å². The maximum absolute atomic E-state index is 6.26. The lowest BCUT2D eigenvalue weighted by Gasteiger charge is -2.24. The summed E-state index contributed by atoms with van der Waals surface area (Å²) in [5.41, 5.74) is 1.48. The van der Waals surface area contributed by atoms with Gasteiger partial charge in [-0.3, -0.25) is 9.71 Å². The molecule has 3 aromatic rings. The first-order valence-electron chi connectivity index (χ1n) is 9.81. The monoisotopic (exact) mass is 454 g/mol. The van der Waals surface area contributed by atoms with E-state index in [9.17, 15) is 0 Å². The van der Waals surface area contributed by atoms with Crippen LogP contribution in [0.25, 0.3) is 0 Å². The summed E-state index contributed by atoms with van der Waals surface area (Å²) < 4.78 is 15.3. The third-order valence-corrected chi connectivity index (χ3v) is 5.41. The summed E-state index contributed by atoms with van der Waals surface area (Å²) in [5.74, 6) is 2.63. The fourth-order valence-corrected chi connectivity index (χ4v) is 3.79. The number of nitrogens with one attached hydrogen (secondary N) is 2. The molecule has 2 N–H and O–H groups in total. The molecule has 0 bridgehead atoms.